The number of amides is 1. The van der Waals surface area contributed by atoms with Crippen LogP contribution in [0.1, 0.15) is 30.6 Å². The lowest BCUT2D eigenvalue weighted by atomic mass is 10.1. The van der Waals surface area contributed by atoms with E-state index >= 15 is 0 Å². The van der Waals surface area contributed by atoms with Gasteiger partial charge in [-0.3, -0.25) is 4.79 Å². The highest BCUT2D eigenvalue weighted by Gasteiger charge is 2.19. The van der Waals surface area contributed by atoms with Crippen molar-refractivity contribution >= 4 is 21.6 Å². The van der Waals surface area contributed by atoms with E-state index in [1.165, 1.54) is 19.1 Å². The normalized spacial score (nSPS) is 14.0. The second-order valence-electron chi connectivity index (χ2n) is 6.48. The first-order chi connectivity index (χ1) is 13.3. The third-order valence-corrected chi connectivity index (χ3v) is 5.90. The molecule has 8 nitrogen and oxygen atoms in total. The summed E-state index contributed by atoms with van der Waals surface area (Å²) in [6.07, 6.45) is -0.650. The average Bonchev–Trinajstić information content (AvgIpc) is 3.08. The molecule has 0 saturated heterocycles. The fourth-order valence-electron chi connectivity index (χ4n) is 2.93. The minimum absolute atomic E-state index is 0.0603. The number of nitrogens with one attached hydrogen (secondary N) is 2. The van der Waals surface area contributed by atoms with Crippen LogP contribution in [-0.4, -0.2) is 32.8 Å². The molecular weight excluding hydrogens is 384 g/mol. The maximum atomic E-state index is 12.5. The zero-order valence-corrected chi connectivity index (χ0v) is 16.4. The second kappa shape index (κ2) is 8.17. The molecule has 2 aromatic rings. The van der Waals surface area contributed by atoms with Gasteiger partial charge in [0, 0.05) is 19.2 Å². The number of aliphatic hydroxyl groups excluding tert-OH is 1. The molecule has 1 aliphatic rings. The first-order valence-electron chi connectivity index (χ1n) is 8.72. The average molecular weight is 406 g/mol. The van der Waals surface area contributed by atoms with E-state index < -0.39 is 16.1 Å². The summed E-state index contributed by atoms with van der Waals surface area (Å²) >= 11 is 0. The number of hydrogen-bond donors (Lipinski definition) is 3. The van der Waals surface area contributed by atoms with Gasteiger partial charge < -0.3 is 19.9 Å². The number of carbonyl (C=O) groups excluding carboxylic acids is 1. The number of ether oxygens (including phenoxy) is 2. The van der Waals surface area contributed by atoms with Gasteiger partial charge >= 0.3 is 0 Å². The summed E-state index contributed by atoms with van der Waals surface area (Å²) < 4.78 is 38.1. The van der Waals surface area contributed by atoms with Crippen molar-refractivity contribution < 1.29 is 27.8 Å². The summed E-state index contributed by atoms with van der Waals surface area (Å²) in [5.74, 6) is 0.951. The van der Waals surface area contributed by atoms with Gasteiger partial charge in [-0.2, -0.15) is 0 Å². The molecule has 150 valence electrons. The monoisotopic (exact) mass is 406 g/mol. The van der Waals surface area contributed by atoms with Crippen LogP contribution in [0.15, 0.2) is 41.3 Å². The number of benzene rings is 2. The number of carbonyl (C=O) groups is 1. The lowest BCUT2D eigenvalue weighted by Crippen LogP contribution is -2.26. The molecule has 1 amide bonds. The third-order valence-electron chi connectivity index (χ3n) is 4.28. The number of anilines is 1. The zero-order valence-electron chi connectivity index (χ0n) is 15.6. The van der Waals surface area contributed by atoms with Gasteiger partial charge in [0.25, 0.3) is 0 Å². The van der Waals surface area contributed by atoms with E-state index in [1.807, 2.05) is 0 Å². The number of aryl methyl sites for hydroxylation is 1. The molecule has 0 bridgehead atoms. The Morgan fingerprint density at radius 3 is 2.64 bits per heavy atom. The Labute approximate surface area is 163 Å². The van der Waals surface area contributed by atoms with Crippen LogP contribution < -0.4 is 19.5 Å². The summed E-state index contributed by atoms with van der Waals surface area (Å²) in [5.41, 5.74) is 1.66. The quantitative estimate of drug-likeness (QED) is 0.649. The Bertz CT molecular complexity index is 990. The van der Waals surface area contributed by atoms with Crippen LogP contribution in [-0.2, 0) is 14.8 Å². The molecule has 1 atom stereocenters. The number of rotatable bonds is 7. The predicted molar refractivity (Wildman–Crippen MR) is 103 cm³/mol. The summed E-state index contributed by atoms with van der Waals surface area (Å²) in [7, 11) is -3.74. The first kappa shape index (κ1) is 20.1. The van der Waals surface area contributed by atoms with Crippen molar-refractivity contribution in [3.63, 3.8) is 0 Å². The van der Waals surface area contributed by atoms with Gasteiger partial charge in [-0.1, -0.05) is 6.07 Å². The van der Waals surface area contributed by atoms with Crippen molar-refractivity contribution in [2.45, 2.75) is 31.3 Å². The number of fused-ring (bicyclic) bond motifs is 1. The molecule has 2 aromatic carbocycles. The van der Waals surface area contributed by atoms with Gasteiger partial charge in [-0.05, 0) is 54.8 Å². The van der Waals surface area contributed by atoms with Crippen LogP contribution >= 0.6 is 0 Å². The van der Waals surface area contributed by atoms with E-state index in [9.17, 15) is 18.3 Å². The van der Waals surface area contributed by atoms with E-state index in [0.29, 0.717) is 28.3 Å². The Morgan fingerprint density at radius 1 is 1.18 bits per heavy atom. The molecule has 0 radical (unpaired) electrons. The Hall–Kier alpha value is -2.62. The van der Waals surface area contributed by atoms with Gasteiger partial charge in [-0.25, -0.2) is 13.1 Å². The minimum Gasteiger partial charge on any atom is -0.454 e. The van der Waals surface area contributed by atoms with Crippen molar-refractivity contribution in [3.8, 4) is 11.5 Å². The fourth-order valence-corrected chi connectivity index (χ4v) is 4.20. The highest BCUT2D eigenvalue weighted by Crippen LogP contribution is 2.34. The summed E-state index contributed by atoms with van der Waals surface area (Å²) in [6.45, 7) is 3.24. The van der Waals surface area contributed by atoms with E-state index in [1.54, 1.807) is 31.2 Å². The number of sulfonamides is 1. The van der Waals surface area contributed by atoms with Crippen molar-refractivity contribution in [1.29, 1.82) is 0 Å². The van der Waals surface area contributed by atoms with Crippen LogP contribution in [0.25, 0.3) is 0 Å². The molecule has 0 saturated carbocycles. The van der Waals surface area contributed by atoms with Gasteiger partial charge in [0.05, 0.1) is 11.0 Å². The van der Waals surface area contributed by atoms with E-state index in [-0.39, 0.29) is 30.6 Å². The smallest absolute Gasteiger partial charge is 0.240 e. The largest absolute Gasteiger partial charge is 0.454 e. The van der Waals surface area contributed by atoms with Crippen LogP contribution in [0.4, 0.5) is 5.69 Å². The van der Waals surface area contributed by atoms with E-state index in [4.69, 9.17) is 9.47 Å². The maximum absolute atomic E-state index is 12.5. The molecule has 0 spiro atoms. The maximum Gasteiger partial charge on any atom is 0.240 e. The molecule has 9 heteroatoms. The van der Waals surface area contributed by atoms with Gasteiger partial charge in [-0.15, -0.1) is 0 Å². The van der Waals surface area contributed by atoms with Gasteiger partial charge in [0.1, 0.15) is 0 Å². The molecule has 3 rings (SSSR count). The van der Waals surface area contributed by atoms with Gasteiger partial charge in [0.15, 0.2) is 11.5 Å². The molecule has 28 heavy (non-hydrogen) atoms. The second-order valence-corrected chi connectivity index (χ2v) is 8.21. The highest BCUT2D eigenvalue weighted by molar-refractivity contribution is 7.89. The predicted octanol–water partition coefficient (Wildman–Crippen LogP) is 2.08. The molecule has 1 aliphatic heterocycles. The Morgan fingerprint density at radius 2 is 1.93 bits per heavy atom. The lowest BCUT2D eigenvalue weighted by Gasteiger charge is -2.14. The lowest BCUT2D eigenvalue weighted by molar-refractivity contribution is -0.114. The van der Waals surface area contributed by atoms with Crippen LogP contribution in [0, 0.1) is 6.92 Å². The van der Waals surface area contributed by atoms with Crippen molar-refractivity contribution in [2.75, 3.05) is 18.7 Å². The minimum atomic E-state index is -3.74. The molecular formula is C19H22N2O6S. The topological polar surface area (TPSA) is 114 Å². The van der Waals surface area contributed by atoms with Crippen molar-refractivity contribution in [1.82, 2.24) is 4.72 Å². The molecule has 3 N–H and O–H groups in total. The number of aliphatic hydroxyl groups is 1. The van der Waals surface area contributed by atoms with Gasteiger partial charge in [0.2, 0.25) is 22.7 Å². The molecule has 1 heterocycles. The first-order valence-corrected chi connectivity index (χ1v) is 10.2. The molecule has 0 aromatic heterocycles. The highest BCUT2D eigenvalue weighted by atomic mass is 32.2. The molecule has 0 fully saturated rings. The summed E-state index contributed by atoms with van der Waals surface area (Å²) in [5, 5.41) is 12.9. The van der Waals surface area contributed by atoms with Crippen LogP contribution in [0.3, 0.4) is 0 Å². The standard InChI is InChI=1S/C19H22N2O6S/c1-12-9-15(21-13(2)22)4-6-19(12)28(24,25)20-8-7-16(23)14-3-5-17-18(10-14)27-11-26-17/h3-6,9-10,16,20,23H,7-8,11H2,1-2H3,(H,21,22). The SMILES string of the molecule is CC(=O)Nc1ccc(S(=O)(=O)NCCC(O)c2ccc3c(c2)OCO3)c(C)c1. The molecule has 1 unspecified atom stereocenters. The summed E-state index contributed by atoms with van der Waals surface area (Å²) in [4.78, 5) is 11.2. The van der Waals surface area contributed by atoms with Crippen LogP contribution in [0.2, 0.25) is 0 Å². The van der Waals surface area contributed by atoms with E-state index in [2.05, 4.69) is 10.0 Å². The van der Waals surface area contributed by atoms with E-state index in [0.717, 1.165) is 0 Å². The molecule has 0 aliphatic carbocycles. The van der Waals surface area contributed by atoms with Crippen LogP contribution in [0.5, 0.6) is 11.5 Å². The Balaban J connectivity index is 1.61. The fraction of sp³-hybridized carbons (Fsp3) is 0.316. The van der Waals surface area contributed by atoms with Crippen molar-refractivity contribution in [3.05, 3.63) is 47.5 Å². The summed E-state index contributed by atoms with van der Waals surface area (Å²) in [6, 6.07) is 9.69. The Kier molecular flexibility index (Phi) is 5.87. The van der Waals surface area contributed by atoms with Crippen molar-refractivity contribution in [2.24, 2.45) is 0 Å². The zero-order chi connectivity index (χ0) is 20.3. The third kappa shape index (κ3) is 4.61. The number of hydrogen-bond acceptors (Lipinski definition) is 6.